The van der Waals surface area contributed by atoms with Crippen LogP contribution in [0.5, 0.6) is 0 Å². The lowest BCUT2D eigenvalue weighted by atomic mass is 9.95. The first kappa shape index (κ1) is 15.4. The molecule has 6 heteroatoms. The van der Waals surface area contributed by atoms with Gasteiger partial charge in [-0.15, -0.1) is 0 Å². The summed E-state index contributed by atoms with van der Waals surface area (Å²) in [7, 11) is 0. The predicted octanol–water partition coefficient (Wildman–Crippen LogP) is 0.311. The zero-order valence-electron chi connectivity index (χ0n) is 13.2. The third-order valence-corrected chi connectivity index (χ3v) is 4.30. The van der Waals surface area contributed by atoms with Gasteiger partial charge in [-0.2, -0.15) is 0 Å². The highest BCUT2D eigenvalue weighted by molar-refractivity contribution is 5.81. The Balaban J connectivity index is 1.53. The number of nitrogens with zero attached hydrogens (tertiary/aromatic N) is 2. The number of aromatic nitrogens is 2. The number of carbonyl (C=O) groups is 1. The molecule has 0 spiro atoms. The smallest absolute Gasteiger partial charge is 0.250 e. The Hall–Kier alpha value is -1.53. The lowest BCUT2D eigenvalue weighted by Crippen LogP contribution is -2.48. The topological polar surface area (TPSA) is 76.1 Å². The molecule has 1 aliphatic carbocycles. The van der Waals surface area contributed by atoms with Gasteiger partial charge in [-0.05, 0) is 38.2 Å². The van der Waals surface area contributed by atoms with Crippen LogP contribution in [0.2, 0.25) is 0 Å². The van der Waals surface area contributed by atoms with Crippen LogP contribution < -0.4 is 10.6 Å². The van der Waals surface area contributed by atoms with E-state index in [1.54, 1.807) is 0 Å². The Morgan fingerprint density at radius 2 is 2.23 bits per heavy atom. The van der Waals surface area contributed by atoms with Gasteiger partial charge < -0.3 is 15.4 Å². The molecule has 1 fully saturated rings. The van der Waals surface area contributed by atoms with Gasteiger partial charge in [0.2, 0.25) is 5.91 Å². The van der Waals surface area contributed by atoms with E-state index in [2.05, 4.69) is 27.5 Å². The van der Waals surface area contributed by atoms with Gasteiger partial charge in [-0.3, -0.25) is 4.79 Å². The summed E-state index contributed by atoms with van der Waals surface area (Å²) in [5.74, 6) is 0.781. The fraction of sp³-hybridized carbons (Fsp3) is 0.688. The number of aryl methyl sites for hydroxylation is 2. The van der Waals surface area contributed by atoms with Crippen molar-refractivity contribution in [2.45, 2.75) is 45.1 Å². The van der Waals surface area contributed by atoms with Crippen molar-refractivity contribution in [3.63, 3.8) is 0 Å². The van der Waals surface area contributed by atoms with Gasteiger partial charge in [0.05, 0.1) is 6.61 Å². The van der Waals surface area contributed by atoms with Crippen molar-refractivity contribution in [1.29, 1.82) is 0 Å². The van der Waals surface area contributed by atoms with E-state index in [9.17, 15) is 4.79 Å². The van der Waals surface area contributed by atoms with Crippen molar-refractivity contribution in [2.24, 2.45) is 0 Å². The van der Waals surface area contributed by atoms with Crippen LogP contribution in [0.4, 0.5) is 0 Å². The second kappa shape index (κ2) is 7.15. The molecule has 1 atom stereocenters. The van der Waals surface area contributed by atoms with E-state index in [1.807, 2.05) is 0 Å². The predicted molar refractivity (Wildman–Crippen MR) is 82.7 cm³/mol. The van der Waals surface area contributed by atoms with Crippen molar-refractivity contribution in [2.75, 3.05) is 26.2 Å². The second-order valence-electron chi connectivity index (χ2n) is 5.96. The van der Waals surface area contributed by atoms with Crippen molar-refractivity contribution in [3.8, 4) is 0 Å². The van der Waals surface area contributed by atoms with E-state index in [0.29, 0.717) is 26.1 Å². The molecule has 0 unspecified atom stereocenters. The van der Waals surface area contributed by atoms with E-state index in [-0.39, 0.29) is 12.0 Å². The van der Waals surface area contributed by atoms with E-state index in [4.69, 9.17) is 4.74 Å². The summed E-state index contributed by atoms with van der Waals surface area (Å²) in [5, 5.41) is 6.07. The summed E-state index contributed by atoms with van der Waals surface area (Å²) < 4.78 is 5.43. The average molecular weight is 304 g/mol. The number of rotatable bonds is 4. The third kappa shape index (κ3) is 3.62. The minimum Gasteiger partial charge on any atom is -0.366 e. The Bertz CT molecular complexity index is 541. The van der Waals surface area contributed by atoms with Gasteiger partial charge >= 0.3 is 0 Å². The van der Waals surface area contributed by atoms with Crippen molar-refractivity contribution in [1.82, 2.24) is 20.6 Å². The molecule has 2 N–H and O–H groups in total. The summed E-state index contributed by atoms with van der Waals surface area (Å²) in [6, 6.07) is 0. The minimum absolute atomic E-state index is 0.0538. The Labute approximate surface area is 131 Å². The van der Waals surface area contributed by atoms with Crippen LogP contribution in [0.3, 0.4) is 0 Å². The maximum atomic E-state index is 12.0. The molecule has 1 aliphatic heterocycles. The van der Waals surface area contributed by atoms with Crippen LogP contribution in [0.1, 0.15) is 35.6 Å². The number of hydrogen-bond donors (Lipinski definition) is 2. The van der Waals surface area contributed by atoms with Crippen LogP contribution in [0, 0.1) is 6.92 Å². The summed E-state index contributed by atoms with van der Waals surface area (Å²) in [4.78, 5) is 21.2. The summed E-state index contributed by atoms with van der Waals surface area (Å²) >= 11 is 0. The summed E-state index contributed by atoms with van der Waals surface area (Å²) in [6.45, 7) is 4.60. The first-order valence-corrected chi connectivity index (χ1v) is 8.19. The Morgan fingerprint density at radius 3 is 3.05 bits per heavy atom. The lowest BCUT2D eigenvalue weighted by molar-refractivity contribution is -0.134. The summed E-state index contributed by atoms with van der Waals surface area (Å²) in [5.41, 5.74) is 3.64. The SMILES string of the molecule is Cc1nc(CCNC(=O)[C@@H]2CNCCO2)nc2c1CCCC2. The van der Waals surface area contributed by atoms with E-state index >= 15 is 0 Å². The second-order valence-corrected chi connectivity index (χ2v) is 5.96. The monoisotopic (exact) mass is 304 g/mol. The first-order chi connectivity index (χ1) is 10.7. The maximum Gasteiger partial charge on any atom is 0.250 e. The fourth-order valence-corrected chi connectivity index (χ4v) is 3.10. The van der Waals surface area contributed by atoms with E-state index in [1.165, 1.54) is 24.1 Å². The quantitative estimate of drug-likeness (QED) is 0.837. The zero-order valence-corrected chi connectivity index (χ0v) is 13.2. The summed E-state index contributed by atoms with van der Waals surface area (Å²) in [6.07, 6.45) is 4.90. The van der Waals surface area contributed by atoms with Crippen LogP contribution >= 0.6 is 0 Å². The molecule has 3 rings (SSSR count). The Kier molecular flexibility index (Phi) is 5.00. The zero-order chi connectivity index (χ0) is 15.4. The van der Waals surface area contributed by atoms with E-state index in [0.717, 1.165) is 30.9 Å². The molecule has 1 aromatic heterocycles. The highest BCUT2D eigenvalue weighted by Gasteiger charge is 2.21. The molecular weight excluding hydrogens is 280 g/mol. The van der Waals surface area contributed by atoms with Gasteiger partial charge in [0.1, 0.15) is 11.9 Å². The normalized spacial score (nSPS) is 21.2. The Morgan fingerprint density at radius 1 is 1.36 bits per heavy atom. The molecule has 0 saturated carbocycles. The molecule has 1 saturated heterocycles. The molecule has 120 valence electrons. The number of nitrogens with one attached hydrogen (secondary N) is 2. The number of carbonyl (C=O) groups excluding carboxylic acids is 1. The molecule has 22 heavy (non-hydrogen) atoms. The largest absolute Gasteiger partial charge is 0.366 e. The van der Waals surface area contributed by atoms with E-state index < -0.39 is 0 Å². The van der Waals surface area contributed by atoms with Crippen LogP contribution in [0.15, 0.2) is 0 Å². The highest BCUT2D eigenvalue weighted by Crippen LogP contribution is 2.21. The molecule has 2 heterocycles. The third-order valence-electron chi connectivity index (χ3n) is 4.30. The number of fused-ring (bicyclic) bond motifs is 1. The minimum atomic E-state index is -0.375. The van der Waals surface area contributed by atoms with Gasteiger partial charge in [0.25, 0.3) is 0 Å². The average Bonchev–Trinajstić information content (AvgIpc) is 2.56. The molecule has 0 bridgehead atoms. The van der Waals surface area contributed by atoms with Crippen molar-refractivity contribution < 1.29 is 9.53 Å². The molecule has 2 aliphatic rings. The molecular formula is C16H24N4O2. The standard InChI is InChI=1S/C16H24N4O2/c1-11-12-4-2-3-5-13(12)20-15(19-11)6-7-18-16(21)14-10-17-8-9-22-14/h14,17H,2-10H2,1H3,(H,18,21)/t14-/m0/s1. The molecule has 0 aromatic carbocycles. The van der Waals surface area contributed by atoms with Crippen molar-refractivity contribution in [3.05, 3.63) is 22.8 Å². The van der Waals surface area contributed by atoms with Gasteiger partial charge in [0.15, 0.2) is 0 Å². The van der Waals surface area contributed by atoms with Crippen molar-refractivity contribution >= 4 is 5.91 Å². The van der Waals surface area contributed by atoms with Gasteiger partial charge in [-0.25, -0.2) is 9.97 Å². The van der Waals surface area contributed by atoms with Gasteiger partial charge in [0, 0.05) is 37.4 Å². The van der Waals surface area contributed by atoms with Crippen LogP contribution in [-0.4, -0.2) is 48.2 Å². The maximum absolute atomic E-state index is 12.0. The number of hydrogen-bond acceptors (Lipinski definition) is 5. The molecule has 1 amide bonds. The molecule has 1 aromatic rings. The van der Waals surface area contributed by atoms with Crippen LogP contribution in [0.25, 0.3) is 0 Å². The van der Waals surface area contributed by atoms with Gasteiger partial charge in [-0.1, -0.05) is 0 Å². The van der Waals surface area contributed by atoms with Crippen LogP contribution in [-0.2, 0) is 28.8 Å². The number of ether oxygens (including phenoxy) is 1. The molecule has 0 radical (unpaired) electrons. The highest BCUT2D eigenvalue weighted by atomic mass is 16.5. The number of amides is 1. The number of morpholine rings is 1. The molecule has 6 nitrogen and oxygen atoms in total. The lowest BCUT2D eigenvalue weighted by Gasteiger charge is -2.22. The fourth-order valence-electron chi connectivity index (χ4n) is 3.10. The first-order valence-electron chi connectivity index (χ1n) is 8.19.